The number of phenolic OH excluding ortho intramolecular Hbond substituents is 1. The van der Waals surface area contributed by atoms with Crippen LogP contribution in [0.5, 0.6) is 5.75 Å². The number of phenols is 1. The van der Waals surface area contributed by atoms with E-state index in [2.05, 4.69) is 0 Å². The first-order chi connectivity index (χ1) is 21.7. The molecule has 1 saturated heterocycles. The quantitative estimate of drug-likeness (QED) is 0.372. The summed E-state index contributed by atoms with van der Waals surface area (Å²) in [5.74, 6) is -1.88. The molecule has 1 aliphatic rings. The highest BCUT2D eigenvalue weighted by Crippen LogP contribution is 2.32. The maximum Gasteiger partial charge on any atom is 0.246 e. The van der Waals surface area contributed by atoms with E-state index in [1.807, 2.05) is 40.7 Å². The number of halogens is 1. The maximum absolute atomic E-state index is 14.3. The Morgan fingerprint density at radius 2 is 1.47 bits per heavy atom. The highest BCUT2D eigenvalue weighted by molar-refractivity contribution is 7.88. The lowest BCUT2D eigenvalue weighted by Crippen LogP contribution is -2.60. The molecule has 0 spiro atoms. The second kappa shape index (κ2) is 15.1. The fourth-order valence-corrected chi connectivity index (χ4v) is 6.82. The minimum absolute atomic E-state index is 0.127. The van der Waals surface area contributed by atoms with Gasteiger partial charge in [0.25, 0.3) is 0 Å². The van der Waals surface area contributed by atoms with Gasteiger partial charge in [-0.2, -0.15) is 4.31 Å². The van der Waals surface area contributed by atoms with E-state index in [0.29, 0.717) is 11.1 Å². The minimum Gasteiger partial charge on any atom is -0.508 e. The molecule has 2 aromatic rings. The fourth-order valence-electron chi connectivity index (χ4n) is 6.00. The average Bonchev–Trinajstić information content (AvgIpc) is 2.99. The highest BCUT2D eigenvalue weighted by Gasteiger charge is 2.40. The van der Waals surface area contributed by atoms with Crippen LogP contribution in [-0.2, 0) is 42.7 Å². The summed E-state index contributed by atoms with van der Waals surface area (Å²) in [5, 5.41) is 10.5. The number of rotatable bonds is 11. The van der Waals surface area contributed by atoms with Gasteiger partial charge in [0, 0.05) is 46.7 Å². The molecule has 1 aliphatic heterocycles. The second-order valence-corrected chi connectivity index (χ2v) is 15.8. The molecule has 0 aliphatic carbocycles. The summed E-state index contributed by atoms with van der Waals surface area (Å²) in [4.78, 5) is 46.2. The Balaban J connectivity index is 1.92. The number of piperazine rings is 1. The Morgan fingerprint density at radius 1 is 0.915 bits per heavy atom. The van der Waals surface area contributed by atoms with Crippen LogP contribution in [0.2, 0.25) is 0 Å². The van der Waals surface area contributed by atoms with E-state index in [1.54, 1.807) is 29.2 Å². The van der Waals surface area contributed by atoms with Gasteiger partial charge in [-0.3, -0.25) is 14.4 Å². The molecule has 1 heterocycles. The summed E-state index contributed by atoms with van der Waals surface area (Å²) in [5.41, 5.74) is 7.99. The van der Waals surface area contributed by atoms with Gasteiger partial charge in [-0.25, -0.2) is 12.8 Å². The van der Waals surface area contributed by atoms with Crippen molar-refractivity contribution >= 4 is 27.7 Å². The van der Waals surface area contributed by atoms with Gasteiger partial charge in [0.15, 0.2) is 0 Å². The van der Waals surface area contributed by atoms with Crippen molar-refractivity contribution in [1.82, 2.24) is 19.0 Å². The molecule has 1 fully saturated rings. The predicted octanol–water partition coefficient (Wildman–Crippen LogP) is 2.36. The summed E-state index contributed by atoms with van der Waals surface area (Å²) in [6.07, 6.45) is 1.41. The van der Waals surface area contributed by atoms with E-state index < -0.39 is 45.8 Å². The summed E-state index contributed by atoms with van der Waals surface area (Å²) in [6.45, 7) is 10.1. The number of amides is 3. The third kappa shape index (κ3) is 9.51. The van der Waals surface area contributed by atoms with Crippen LogP contribution >= 0.6 is 0 Å². The molecule has 3 atom stereocenters. The first kappa shape index (κ1) is 37.9. The molecular weight excluding hydrogens is 625 g/mol. The van der Waals surface area contributed by atoms with Crippen LogP contribution < -0.4 is 5.73 Å². The molecule has 3 amide bonds. The second-order valence-electron chi connectivity index (χ2n) is 13.8. The number of hydrogen-bond donors (Lipinski definition) is 2. The van der Waals surface area contributed by atoms with Gasteiger partial charge in [0.2, 0.25) is 27.7 Å². The van der Waals surface area contributed by atoms with Crippen molar-refractivity contribution in [2.75, 3.05) is 46.5 Å². The number of benzene rings is 2. The zero-order valence-corrected chi connectivity index (χ0v) is 29.6. The summed E-state index contributed by atoms with van der Waals surface area (Å²) >= 11 is 0. The van der Waals surface area contributed by atoms with Gasteiger partial charge < -0.3 is 25.5 Å². The molecule has 0 unspecified atom stereocenters. The molecule has 3 N–H and O–H groups in total. The number of sulfonamides is 1. The van der Waals surface area contributed by atoms with Crippen molar-refractivity contribution in [3.8, 4) is 5.75 Å². The van der Waals surface area contributed by atoms with Crippen LogP contribution in [0.4, 0.5) is 4.39 Å². The van der Waals surface area contributed by atoms with E-state index >= 15 is 0 Å². The Morgan fingerprint density at radius 3 is 1.98 bits per heavy atom. The number of nitrogens with zero attached hydrogens (tertiary/aromatic N) is 4. The van der Waals surface area contributed by atoms with E-state index in [0.717, 1.165) is 11.8 Å². The van der Waals surface area contributed by atoms with Gasteiger partial charge >= 0.3 is 0 Å². The lowest BCUT2D eigenvalue weighted by atomic mass is 9.84. The molecule has 47 heavy (non-hydrogen) atoms. The van der Waals surface area contributed by atoms with Crippen molar-refractivity contribution in [1.29, 1.82) is 0 Å². The number of hydrogen-bond acceptors (Lipinski definition) is 7. The molecular formula is C34H50FN5O6S. The third-order valence-electron chi connectivity index (χ3n) is 8.75. The van der Waals surface area contributed by atoms with Crippen molar-refractivity contribution in [2.45, 2.75) is 71.0 Å². The van der Waals surface area contributed by atoms with Crippen molar-refractivity contribution in [3.05, 3.63) is 65.0 Å². The Kier molecular flexibility index (Phi) is 12.2. The summed E-state index contributed by atoms with van der Waals surface area (Å²) in [7, 11) is -0.371. The normalized spacial score (nSPS) is 16.4. The topological polar surface area (TPSA) is 145 Å². The highest BCUT2D eigenvalue weighted by atomic mass is 32.2. The average molecular weight is 676 g/mol. The van der Waals surface area contributed by atoms with Crippen molar-refractivity contribution in [3.63, 3.8) is 0 Å². The largest absolute Gasteiger partial charge is 0.508 e. The van der Waals surface area contributed by atoms with Crippen LogP contribution in [0, 0.1) is 11.7 Å². The SMILES string of the molecule is CC(C)[C@@H](C(=O)N(C)[C@@H](Cc1ccc(O)c(C(C)(C)C)c1)C(=O)N1CCN(S(C)(=O)=O)CC1)N(C)C(=O)[C@@H](N)Cc1ccc(F)cc1. The molecule has 0 bridgehead atoms. The van der Waals surface area contributed by atoms with Gasteiger partial charge in [0.05, 0.1) is 12.3 Å². The first-order valence-corrected chi connectivity index (χ1v) is 17.7. The molecule has 2 aromatic carbocycles. The van der Waals surface area contributed by atoms with Crippen LogP contribution in [0.25, 0.3) is 0 Å². The van der Waals surface area contributed by atoms with E-state index in [4.69, 9.17) is 5.73 Å². The Bertz CT molecular complexity index is 1530. The maximum atomic E-state index is 14.3. The lowest BCUT2D eigenvalue weighted by molar-refractivity contribution is -0.152. The van der Waals surface area contributed by atoms with Gasteiger partial charge in [0.1, 0.15) is 23.7 Å². The van der Waals surface area contributed by atoms with E-state index in [-0.39, 0.29) is 62.0 Å². The summed E-state index contributed by atoms with van der Waals surface area (Å²) in [6, 6.07) is 7.91. The number of nitrogens with two attached hydrogens (primary N) is 1. The molecule has 11 nitrogen and oxygen atoms in total. The van der Waals surface area contributed by atoms with E-state index in [1.165, 1.54) is 40.3 Å². The Hall–Kier alpha value is -3.55. The minimum atomic E-state index is -3.42. The number of carbonyl (C=O) groups is 3. The smallest absolute Gasteiger partial charge is 0.246 e. The zero-order chi connectivity index (χ0) is 35.4. The van der Waals surface area contributed by atoms with Crippen molar-refractivity contribution < 1.29 is 32.3 Å². The van der Waals surface area contributed by atoms with Gasteiger partial charge in [-0.05, 0) is 52.6 Å². The molecule has 3 rings (SSSR count). The summed E-state index contributed by atoms with van der Waals surface area (Å²) < 4.78 is 38.9. The molecule has 0 aromatic heterocycles. The zero-order valence-electron chi connectivity index (χ0n) is 28.7. The molecule has 13 heteroatoms. The monoisotopic (exact) mass is 675 g/mol. The number of likely N-dealkylation sites (N-methyl/N-ethyl adjacent to an activating group) is 2. The number of aromatic hydroxyl groups is 1. The predicted molar refractivity (Wildman–Crippen MR) is 180 cm³/mol. The van der Waals surface area contributed by atoms with E-state index in [9.17, 15) is 32.3 Å². The van der Waals surface area contributed by atoms with Crippen molar-refractivity contribution in [2.24, 2.45) is 11.7 Å². The third-order valence-corrected chi connectivity index (χ3v) is 10.1. The fraction of sp³-hybridized carbons (Fsp3) is 0.559. The van der Waals surface area contributed by atoms with Crippen LogP contribution in [0.1, 0.15) is 51.3 Å². The molecule has 0 radical (unpaired) electrons. The molecule has 260 valence electrons. The standard InChI is InChI=1S/C34H50FN5O6S/c1-22(2)30(38(7)31(42)27(36)20-23-9-12-25(35)13-10-23)33(44)37(6)28(21-24-11-14-29(41)26(19-24)34(3,4)5)32(43)39-15-17-40(18-16-39)47(8,45)46/h9-14,19,22,27-28,30,41H,15-18,20-21,36H2,1-8H3/t27-,28-,30-/m0/s1. The van der Waals surface area contributed by atoms with Gasteiger partial charge in [-0.15, -0.1) is 0 Å². The van der Waals surface area contributed by atoms with Gasteiger partial charge in [-0.1, -0.05) is 58.9 Å². The Labute approximate surface area is 278 Å². The van der Waals surface area contributed by atoms with Crippen LogP contribution in [-0.4, -0.2) is 115 Å². The molecule has 0 saturated carbocycles. The van der Waals surface area contributed by atoms with Crippen LogP contribution in [0.15, 0.2) is 42.5 Å². The number of carbonyl (C=O) groups excluding carboxylic acids is 3. The lowest BCUT2D eigenvalue weighted by Gasteiger charge is -2.40. The first-order valence-electron chi connectivity index (χ1n) is 15.8. The van der Waals surface area contributed by atoms with Crippen LogP contribution in [0.3, 0.4) is 0 Å².